The smallest absolute Gasteiger partial charge is 0.294 e. The summed E-state index contributed by atoms with van der Waals surface area (Å²) in [5, 5.41) is 1.81. The number of halogens is 1. The minimum atomic E-state index is -1.24. The fourth-order valence-corrected chi connectivity index (χ4v) is 1.02. The summed E-state index contributed by atoms with van der Waals surface area (Å²) in [5.74, 6) is -2.42. The molecule has 1 N–H and O–H groups in total. The van der Waals surface area contributed by atoms with E-state index in [0.717, 1.165) is 0 Å². The molecule has 0 aromatic rings. The summed E-state index contributed by atoms with van der Waals surface area (Å²) in [5.41, 5.74) is 0. The lowest BCUT2D eigenvalue weighted by atomic mass is 10.3. The van der Waals surface area contributed by atoms with E-state index in [0.29, 0.717) is 0 Å². The van der Waals surface area contributed by atoms with E-state index < -0.39 is 23.7 Å². The third-order valence-electron chi connectivity index (χ3n) is 1.03. The molecule has 0 aliphatic carbocycles. The molecule has 5 nitrogen and oxygen atoms in total. The van der Waals surface area contributed by atoms with Crippen LogP contribution in [-0.4, -0.2) is 23.7 Å². The van der Waals surface area contributed by atoms with Crippen molar-refractivity contribution in [3.05, 3.63) is 0 Å². The second kappa shape index (κ2) is 2.62. The number of carbonyl (C=O) groups excluding carboxylic acids is 3. The maximum atomic E-state index is 10.6. The number of Topliss-reactive ketones (excluding diaryl/α,β-unsaturated/α-hetero) is 1. The Kier molecular flexibility index (Phi) is 2.00. The molecule has 0 radical (unpaired) electrons. The number of hydrogen-bond acceptors (Lipinski definition) is 4. The Bertz CT molecular complexity index is 213. The van der Waals surface area contributed by atoms with Crippen molar-refractivity contribution < 1.29 is 17.4 Å². The molecule has 1 saturated heterocycles. The van der Waals surface area contributed by atoms with Crippen molar-refractivity contribution in [2.75, 3.05) is 0 Å². The van der Waals surface area contributed by atoms with Gasteiger partial charge in [-0.15, -0.1) is 0 Å². The number of imide groups is 1. The van der Waals surface area contributed by atoms with Gasteiger partial charge in [0.15, 0.2) is 0 Å². The molecule has 2 amide bonds. The van der Waals surface area contributed by atoms with Crippen LogP contribution in [0.1, 0.15) is 0 Å². The largest absolute Gasteiger partial charge is 0.297 e. The predicted octanol–water partition coefficient (Wildman–Crippen LogP) is -1.05. The fraction of sp³-hybridized carbons (Fsp3) is 0.250. The Morgan fingerprint density at radius 3 is 2.20 bits per heavy atom. The van der Waals surface area contributed by atoms with Gasteiger partial charge in [0.25, 0.3) is 17.6 Å². The van der Waals surface area contributed by atoms with E-state index in [1.54, 1.807) is 0 Å². The Balaban J connectivity index is 2.84. The van der Waals surface area contributed by atoms with Gasteiger partial charge in [-0.3, -0.25) is 22.8 Å². The highest BCUT2D eigenvalue weighted by molar-refractivity contribution is 14.1. The molecule has 0 aromatic heterocycles. The number of nitrogens with one attached hydrogen (secondary N) is 1. The average Bonchev–Trinajstić information content (AvgIpc) is 2.09. The Morgan fingerprint density at radius 2 is 2.00 bits per heavy atom. The van der Waals surface area contributed by atoms with Gasteiger partial charge in [-0.25, -0.2) is 0 Å². The van der Waals surface area contributed by atoms with Gasteiger partial charge in [-0.05, 0) is 0 Å². The minimum Gasteiger partial charge on any atom is -0.294 e. The van der Waals surface area contributed by atoms with Crippen molar-refractivity contribution in [1.29, 1.82) is 0 Å². The molecule has 6 heteroatoms. The normalized spacial score (nSPS) is 25.3. The summed E-state index contributed by atoms with van der Waals surface area (Å²) in [4.78, 5) is 31.5. The van der Waals surface area contributed by atoms with Crippen LogP contribution < -0.4 is 5.32 Å². The van der Waals surface area contributed by atoms with Crippen molar-refractivity contribution in [1.82, 2.24) is 5.32 Å². The first-order chi connectivity index (χ1) is 4.66. The van der Waals surface area contributed by atoms with Crippen molar-refractivity contribution in [2.24, 2.45) is 0 Å². The first-order valence-electron chi connectivity index (χ1n) is 2.33. The third-order valence-corrected chi connectivity index (χ3v) is 1.53. The van der Waals surface area contributed by atoms with Gasteiger partial charge in [0.2, 0.25) is 6.10 Å². The zero-order valence-electron chi connectivity index (χ0n) is 4.59. The quantitative estimate of drug-likeness (QED) is 0.281. The fourth-order valence-electron chi connectivity index (χ4n) is 0.558. The number of carbonyl (C=O) groups is 3. The van der Waals surface area contributed by atoms with Gasteiger partial charge in [-0.1, -0.05) is 0 Å². The Morgan fingerprint density at radius 1 is 1.40 bits per heavy atom. The average molecular weight is 255 g/mol. The molecule has 0 saturated carbocycles. The topological polar surface area (TPSA) is 72.5 Å². The van der Waals surface area contributed by atoms with Gasteiger partial charge < -0.3 is 0 Å². The SMILES string of the molecule is O=C1NC(=O)C(OI)C1=O. The highest BCUT2D eigenvalue weighted by atomic mass is 127. The summed E-state index contributed by atoms with van der Waals surface area (Å²) in [6.07, 6.45) is -1.24. The number of amides is 2. The van der Waals surface area contributed by atoms with E-state index in [9.17, 15) is 14.4 Å². The Hall–Kier alpha value is -0.500. The minimum absolute atomic E-state index is 0.690. The first kappa shape index (κ1) is 7.61. The van der Waals surface area contributed by atoms with Crippen LogP contribution in [0.5, 0.6) is 0 Å². The van der Waals surface area contributed by atoms with Gasteiger partial charge in [-0.2, -0.15) is 0 Å². The molecule has 54 valence electrons. The lowest BCUT2D eigenvalue weighted by molar-refractivity contribution is -0.137. The third kappa shape index (κ3) is 1.03. The maximum Gasteiger partial charge on any atom is 0.297 e. The molecule has 1 unspecified atom stereocenters. The van der Waals surface area contributed by atoms with Crippen LogP contribution in [0.3, 0.4) is 0 Å². The van der Waals surface area contributed by atoms with E-state index in [1.807, 2.05) is 5.32 Å². The van der Waals surface area contributed by atoms with Crippen LogP contribution in [0.25, 0.3) is 0 Å². The second-order valence-electron chi connectivity index (χ2n) is 1.65. The molecular weight excluding hydrogens is 253 g/mol. The van der Waals surface area contributed by atoms with Gasteiger partial charge in [0.05, 0.1) is 0 Å². The summed E-state index contributed by atoms with van der Waals surface area (Å²) < 4.78 is 4.39. The summed E-state index contributed by atoms with van der Waals surface area (Å²) in [6, 6.07) is 0. The molecule has 1 aliphatic rings. The van der Waals surface area contributed by atoms with Crippen molar-refractivity contribution in [3.63, 3.8) is 0 Å². The van der Waals surface area contributed by atoms with Gasteiger partial charge in [0, 0.05) is 0 Å². The molecular formula is C4H2INO4. The van der Waals surface area contributed by atoms with Crippen molar-refractivity contribution in [3.8, 4) is 0 Å². The van der Waals surface area contributed by atoms with Crippen molar-refractivity contribution >= 4 is 40.6 Å². The molecule has 1 aliphatic heterocycles. The standard InChI is InChI=1S/C4H2INO4/c5-10-2-1(7)3(8)6-4(2)9/h2H,(H,6,8,9). The molecule has 10 heavy (non-hydrogen) atoms. The van der Waals surface area contributed by atoms with Gasteiger partial charge in [0.1, 0.15) is 23.0 Å². The van der Waals surface area contributed by atoms with Crippen LogP contribution in [0.15, 0.2) is 0 Å². The second-order valence-corrected chi connectivity index (χ2v) is 2.16. The van der Waals surface area contributed by atoms with Crippen LogP contribution >= 0.6 is 23.0 Å². The Labute approximate surface area is 69.8 Å². The maximum absolute atomic E-state index is 10.6. The van der Waals surface area contributed by atoms with E-state index in [1.165, 1.54) is 23.0 Å². The zero-order chi connectivity index (χ0) is 7.72. The summed E-state index contributed by atoms with van der Waals surface area (Å²) in [7, 11) is 0. The lowest BCUT2D eigenvalue weighted by Gasteiger charge is -1.94. The van der Waals surface area contributed by atoms with E-state index in [-0.39, 0.29) is 0 Å². The van der Waals surface area contributed by atoms with E-state index in [4.69, 9.17) is 0 Å². The number of rotatable bonds is 1. The highest BCUT2D eigenvalue weighted by Gasteiger charge is 2.40. The van der Waals surface area contributed by atoms with Crippen molar-refractivity contribution in [2.45, 2.75) is 6.10 Å². The molecule has 1 heterocycles. The van der Waals surface area contributed by atoms with Crippen LogP contribution in [-0.2, 0) is 17.4 Å². The van der Waals surface area contributed by atoms with Crippen LogP contribution in [0, 0.1) is 0 Å². The summed E-state index contributed by atoms with van der Waals surface area (Å²) >= 11 is 1.40. The van der Waals surface area contributed by atoms with Gasteiger partial charge >= 0.3 is 0 Å². The number of ketones is 1. The molecule has 0 spiro atoms. The zero-order valence-corrected chi connectivity index (χ0v) is 6.75. The van der Waals surface area contributed by atoms with Crippen LogP contribution in [0.2, 0.25) is 0 Å². The van der Waals surface area contributed by atoms with E-state index >= 15 is 0 Å². The number of hydrogen-bond donors (Lipinski definition) is 1. The molecule has 1 fully saturated rings. The van der Waals surface area contributed by atoms with Crippen LogP contribution in [0.4, 0.5) is 0 Å². The van der Waals surface area contributed by atoms with E-state index in [2.05, 4.69) is 3.07 Å². The monoisotopic (exact) mass is 255 g/mol. The predicted molar refractivity (Wildman–Crippen MR) is 37.0 cm³/mol. The molecule has 1 atom stereocenters. The molecule has 1 rings (SSSR count). The molecule has 0 bridgehead atoms. The molecule has 0 aromatic carbocycles. The first-order valence-corrected chi connectivity index (χ1v) is 3.21. The summed E-state index contributed by atoms with van der Waals surface area (Å²) in [6.45, 7) is 0. The highest BCUT2D eigenvalue weighted by Crippen LogP contribution is 2.05. The lowest BCUT2D eigenvalue weighted by Crippen LogP contribution is -2.25.